The number of hydrogen-bond donors (Lipinski definition) is 1. The summed E-state index contributed by atoms with van der Waals surface area (Å²) in [6.45, 7) is 1.05. The quantitative estimate of drug-likeness (QED) is 0.810. The van der Waals surface area contributed by atoms with E-state index in [0.29, 0.717) is 38.8 Å². The summed E-state index contributed by atoms with van der Waals surface area (Å²) in [5, 5.41) is -0.371. The van der Waals surface area contributed by atoms with Crippen LogP contribution in [0.2, 0.25) is 0 Å². The van der Waals surface area contributed by atoms with Crippen LogP contribution in [0.1, 0.15) is 38.5 Å². The molecule has 0 aromatic rings. The Hall–Kier alpha value is -0.200. The molecule has 2 N–H and O–H groups in total. The number of alkyl halides is 1. The monoisotopic (exact) mass is 264 g/mol. The second-order valence-corrected chi connectivity index (χ2v) is 7.37. The Kier molecular flexibility index (Phi) is 4.05. The lowest BCUT2D eigenvalue weighted by Gasteiger charge is -2.34. The van der Waals surface area contributed by atoms with Gasteiger partial charge in [-0.25, -0.2) is 17.1 Å². The van der Waals surface area contributed by atoms with Gasteiger partial charge in [0.15, 0.2) is 0 Å². The second-order valence-electron chi connectivity index (χ2n) is 5.16. The van der Waals surface area contributed by atoms with Crippen LogP contribution in [0.4, 0.5) is 4.39 Å². The molecule has 1 heterocycles. The topological polar surface area (TPSA) is 63.4 Å². The highest BCUT2D eigenvalue weighted by Crippen LogP contribution is 2.29. The van der Waals surface area contributed by atoms with Crippen molar-refractivity contribution in [1.82, 2.24) is 4.31 Å². The van der Waals surface area contributed by atoms with E-state index in [-0.39, 0.29) is 11.3 Å². The van der Waals surface area contributed by atoms with Crippen LogP contribution >= 0.6 is 0 Å². The van der Waals surface area contributed by atoms with Gasteiger partial charge in [0.1, 0.15) is 6.17 Å². The average Bonchev–Trinajstić information content (AvgIpc) is 2.30. The van der Waals surface area contributed by atoms with Gasteiger partial charge >= 0.3 is 0 Å². The van der Waals surface area contributed by atoms with Crippen molar-refractivity contribution in [2.24, 2.45) is 5.73 Å². The fraction of sp³-hybridized carbons (Fsp3) is 1.00. The molecule has 2 fully saturated rings. The molecular weight excluding hydrogens is 243 g/mol. The minimum Gasteiger partial charge on any atom is -0.328 e. The zero-order valence-electron chi connectivity index (χ0n) is 10.0. The molecule has 0 bridgehead atoms. The molecule has 0 unspecified atom stereocenters. The van der Waals surface area contributed by atoms with Gasteiger partial charge in [-0.2, -0.15) is 0 Å². The van der Waals surface area contributed by atoms with Gasteiger partial charge in [-0.1, -0.05) is 0 Å². The summed E-state index contributed by atoms with van der Waals surface area (Å²) in [5.74, 6) is 0. The SMILES string of the molecule is NC1CCN(S(=O)(=O)C2CCC(F)CC2)CC1. The molecule has 1 aliphatic heterocycles. The van der Waals surface area contributed by atoms with E-state index in [4.69, 9.17) is 5.73 Å². The molecule has 0 amide bonds. The molecule has 1 saturated carbocycles. The van der Waals surface area contributed by atoms with E-state index in [2.05, 4.69) is 0 Å². The largest absolute Gasteiger partial charge is 0.328 e. The van der Waals surface area contributed by atoms with E-state index in [0.717, 1.165) is 12.8 Å². The molecule has 0 spiro atoms. The smallest absolute Gasteiger partial charge is 0.216 e. The molecule has 2 aliphatic rings. The van der Waals surface area contributed by atoms with Crippen LogP contribution in [0.15, 0.2) is 0 Å². The number of nitrogens with two attached hydrogens (primary N) is 1. The zero-order chi connectivity index (χ0) is 12.5. The van der Waals surface area contributed by atoms with E-state index in [9.17, 15) is 12.8 Å². The number of sulfonamides is 1. The van der Waals surface area contributed by atoms with Crippen molar-refractivity contribution in [3.63, 3.8) is 0 Å². The van der Waals surface area contributed by atoms with Crippen LogP contribution in [0, 0.1) is 0 Å². The first kappa shape index (κ1) is 13.2. The lowest BCUT2D eigenvalue weighted by atomic mass is 9.99. The first-order valence-corrected chi connectivity index (χ1v) is 7.89. The highest BCUT2D eigenvalue weighted by atomic mass is 32.2. The Balaban J connectivity index is 1.98. The van der Waals surface area contributed by atoms with Crippen LogP contribution in [0.5, 0.6) is 0 Å². The van der Waals surface area contributed by atoms with Crippen molar-refractivity contribution in [2.45, 2.75) is 56.0 Å². The van der Waals surface area contributed by atoms with Gasteiger partial charge in [0.25, 0.3) is 0 Å². The van der Waals surface area contributed by atoms with E-state index in [1.807, 2.05) is 0 Å². The zero-order valence-corrected chi connectivity index (χ0v) is 10.8. The number of piperidine rings is 1. The highest BCUT2D eigenvalue weighted by Gasteiger charge is 2.36. The lowest BCUT2D eigenvalue weighted by molar-refractivity contribution is 0.245. The number of nitrogens with zero attached hydrogens (tertiary/aromatic N) is 1. The van der Waals surface area contributed by atoms with Crippen molar-refractivity contribution in [3.8, 4) is 0 Å². The molecule has 1 aliphatic carbocycles. The van der Waals surface area contributed by atoms with E-state index < -0.39 is 16.2 Å². The molecule has 0 aromatic heterocycles. The molecule has 0 aromatic carbocycles. The van der Waals surface area contributed by atoms with Crippen molar-refractivity contribution < 1.29 is 12.8 Å². The van der Waals surface area contributed by atoms with Crippen molar-refractivity contribution >= 4 is 10.0 Å². The van der Waals surface area contributed by atoms with E-state index in [1.54, 1.807) is 4.31 Å². The molecule has 6 heteroatoms. The van der Waals surface area contributed by atoms with Crippen LogP contribution in [-0.2, 0) is 10.0 Å². The molecule has 0 radical (unpaired) electrons. The summed E-state index contributed by atoms with van der Waals surface area (Å²) in [4.78, 5) is 0. The Morgan fingerprint density at radius 1 is 1.00 bits per heavy atom. The molecule has 2 rings (SSSR count). The minimum atomic E-state index is -3.22. The summed E-state index contributed by atoms with van der Waals surface area (Å²) in [6, 6.07) is 0.128. The lowest BCUT2D eigenvalue weighted by Crippen LogP contribution is -2.47. The molecule has 100 valence electrons. The molecule has 4 nitrogen and oxygen atoms in total. The van der Waals surface area contributed by atoms with Gasteiger partial charge in [-0.3, -0.25) is 0 Å². The fourth-order valence-corrected chi connectivity index (χ4v) is 4.67. The normalized spacial score (nSPS) is 33.8. The first-order chi connectivity index (χ1) is 8.00. The third-order valence-electron chi connectivity index (χ3n) is 3.88. The van der Waals surface area contributed by atoms with Crippen LogP contribution in [-0.4, -0.2) is 43.3 Å². The summed E-state index contributed by atoms with van der Waals surface area (Å²) in [6.07, 6.45) is 2.36. The van der Waals surface area contributed by atoms with Crippen molar-refractivity contribution in [1.29, 1.82) is 0 Å². The number of hydrogen-bond acceptors (Lipinski definition) is 3. The van der Waals surface area contributed by atoms with Crippen molar-refractivity contribution in [2.75, 3.05) is 13.1 Å². The summed E-state index contributed by atoms with van der Waals surface area (Å²) in [7, 11) is -3.22. The van der Waals surface area contributed by atoms with Crippen LogP contribution < -0.4 is 5.73 Å². The van der Waals surface area contributed by atoms with Gasteiger partial charge in [0, 0.05) is 19.1 Å². The maximum Gasteiger partial charge on any atom is 0.216 e. The third kappa shape index (κ3) is 2.98. The fourth-order valence-electron chi connectivity index (χ4n) is 2.66. The molecule has 0 atom stereocenters. The number of rotatable bonds is 2. The van der Waals surface area contributed by atoms with Gasteiger partial charge in [-0.05, 0) is 38.5 Å². The maximum absolute atomic E-state index is 13.0. The second kappa shape index (κ2) is 5.20. The first-order valence-electron chi connectivity index (χ1n) is 6.39. The summed E-state index contributed by atoms with van der Waals surface area (Å²) < 4.78 is 39.2. The maximum atomic E-state index is 13.0. The van der Waals surface area contributed by atoms with Crippen LogP contribution in [0.25, 0.3) is 0 Å². The Morgan fingerprint density at radius 2 is 1.53 bits per heavy atom. The van der Waals surface area contributed by atoms with Gasteiger partial charge in [0.05, 0.1) is 5.25 Å². The highest BCUT2D eigenvalue weighted by molar-refractivity contribution is 7.89. The van der Waals surface area contributed by atoms with Gasteiger partial charge < -0.3 is 5.73 Å². The Bertz CT molecular complexity index is 316. The summed E-state index contributed by atoms with van der Waals surface area (Å²) >= 11 is 0. The minimum absolute atomic E-state index is 0.128. The van der Waals surface area contributed by atoms with Gasteiger partial charge in [-0.15, -0.1) is 0 Å². The average molecular weight is 264 g/mol. The molecule has 17 heavy (non-hydrogen) atoms. The Morgan fingerprint density at radius 3 is 2.06 bits per heavy atom. The standard InChI is InChI=1S/C11H21FN2O2S/c12-9-1-3-11(4-2-9)17(15,16)14-7-5-10(13)6-8-14/h9-11H,1-8,13H2. The van der Waals surface area contributed by atoms with Crippen molar-refractivity contribution in [3.05, 3.63) is 0 Å². The van der Waals surface area contributed by atoms with Gasteiger partial charge in [0.2, 0.25) is 10.0 Å². The van der Waals surface area contributed by atoms with Crippen LogP contribution in [0.3, 0.4) is 0 Å². The third-order valence-corrected chi connectivity index (χ3v) is 6.28. The molecule has 1 saturated heterocycles. The predicted molar refractivity (Wildman–Crippen MR) is 64.9 cm³/mol. The summed E-state index contributed by atoms with van der Waals surface area (Å²) in [5.41, 5.74) is 5.77. The molecular formula is C11H21FN2O2S. The number of halogens is 1. The van der Waals surface area contributed by atoms with E-state index >= 15 is 0 Å². The predicted octanol–water partition coefficient (Wildman–Crippen LogP) is 1.02. The van der Waals surface area contributed by atoms with E-state index in [1.165, 1.54) is 0 Å². The Labute approximate surface area is 102 Å².